The largest absolute Gasteiger partial charge is 0.353 e. The van der Waals surface area contributed by atoms with E-state index in [0.717, 1.165) is 34.7 Å². The number of likely N-dealkylation sites (N-methyl/N-ethyl adjacent to an activating group) is 1. The second-order valence-electron chi connectivity index (χ2n) is 12.5. The van der Waals surface area contributed by atoms with E-state index >= 15 is 0 Å². The minimum atomic E-state index is -0.468. The van der Waals surface area contributed by atoms with Gasteiger partial charge in [-0.25, -0.2) is 4.98 Å². The van der Waals surface area contributed by atoms with E-state index in [4.69, 9.17) is 4.98 Å². The Bertz CT molecular complexity index is 1190. The van der Waals surface area contributed by atoms with Crippen LogP contribution in [0.4, 0.5) is 0 Å². The van der Waals surface area contributed by atoms with Crippen LogP contribution in [0.2, 0.25) is 0 Å². The molecule has 1 aromatic carbocycles. The highest BCUT2D eigenvalue weighted by Crippen LogP contribution is 2.30. The minimum Gasteiger partial charge on any atom is -0.353 e. The summed E-state index contributed by atoms with van der Waals surface area (Å²) >= 11 is 1.62. The molecule has 1 aliphatic rings. The van der Waals surface area contributed by atoms with Crippen LogP contribution in [0.15, 0.2) is 30.4 Å². The lowest BCUT2D eigenvalue weighted by Gasteiger charge is -2.28. The van der Waals surface area contributed by atoms with E-state index in [9.17, 15) is 14.4 Å². The summed E-state index contributed by atoms with van der Waals surface area (Å²) in [5, 5.41) is 4.21. The van der Waals surface area contributed by atoms with E-state index in [1.165, 1.54) is 37.7 Å². The fourth-order valence-corrected chi connectivity index (χ4v) is 7.10. The average Bonchev–Trinajstić information content (AvgIpc) is 3.39. The lowest BCUT2D eigenvalue weighted by Crippen LogP contribution is -2.42. The molecule has 232 valence electrons. The van der Waals surface area contributed by atoms with Crippen molar-refractivity contribution in [1.29, 1.82) is 0 Å². The van der Waals surface area contributed by atoms with Crippen LogP contribution in [0.3, 0.4) is 0 Å². The highest BCUT2D eigenvalue weighted by atomic mass is 32.1. The van der Waals surface area contributed by atoms with E-state index in [1.807, 2.05) is 6.92 Å². The zero-order valence-electron chi connectivity index (χ0n) is 26.7. The van der Waals surface area contributed by atoms with Crippen molar-refractivity contribution in [2.24, 2.45) is 11.8 Å². The van der Waals surface area contributed by atoms with Crippen molar-refractivity contribution >= 4 is 39.0 Å². The normalized spacial score (nSPS) is 15.7. The molecule has 1 aromatic heterocycles. The second-order valence-corrected chi connectivity index (χ2v) is 13.6. The predicted octanol–water partition coefficient (Wildman–Crippen LogP) is 7.65. The van der Waals surface area contributed by atoms with Gasteiger partial charge in [-0.1, -0.05) is 79.4 Å². The maximum atomic E-state index is 13.8. The van der Waals surface area contributed by atoms with Crippen molar-refractivity contribution in [1.82, 2.24) is 15.2 Å². The third-order valence-corrected chi connectivity index (χ3v) is 9.94. The van der Waals surface area contributed by atoms with Gasteiger partial charge >= 0.3 is 0 Å². The van der Waals surface area contributed by atoms with Gasteiger partial charge < -0.3 is 5.32 Å². The first-order valence-corrected chi connectivity index (χ1v) is 17.1. The molecule has 1 amide bonds. The van der Waals surface area contributed by atoms with Crippen LogP contribution in [0.1, 0.15) is 115 Å². The number of thiazole rings is 1. The molecule has 1 N–H and O–H groups in total. The molecule has 0 unspecified atom stereocenters. The van der Waals surface area contributed by atoms with Crippen LogP contribution < -0.4 is 5.32 Å². The molecule has 2 atom stereocenters. The molecule has 2 aromatic rings. The molecule has 0 aliphatic heterocycles. The SMILES string of the molecule is C=C(CN(CC)CC)C(=O)CC[C@H](CC1CCCCC1)NC(=O)[C@@H](CC(=O)CC)Cc1nc2ccc(C(C)C)cc2s1. The van der Waals surface area contributed by atoms with Crippen LogP contribution in [0.5, 0.6) is 0 Å². The molecule has 7 heteroatoms. The molecule has 6 nitrogen and oxygen atoms in total. The summed E-state index contributed by atoms with van der Waals surface area (Å²) in [6, 6.07) is 6.28. The quantitative estimate of drug-likeness (QED) is 0.179. The molecule has 1 fully saturated rings. The number of hydrogen-bond acceptors (Lipinski definition) is 6. The number of Topliss-reactive ketones (excluding diaryl/α,β-unsaturated/α-hetero) is 2. The number of nitrogens with zero attached hydrogens (tertiary/aromatic N) is 2. The fourth-order valence-electron chi connectivity index (χ4n) is 6.00. The van der Waals surface area contributed by atoms with E-state index in [1.54, 1.807) is 11.3 Å². The second kappa shape index (κ2) is 17.0. The van der Waals surface area contributed by atoms with Gasteiger partial charge in [-0.2, -0.15) is 0 Å². The van der Waals surface area contributed by atoms with Crippen molar-refractivity contribution in [3.63, 3.8) is 0 Å². The topological polar surface area (TPSA) is 79.4 Å². The summed E-state index contributed by atoms with van der Waals surface area (Å²) in [5.74, 6) is 0.609. The van der Waals surface area contributed by atoms with Gasteiger partial charge in [0, 0.05) is 43.8 Å². The summed E-state index contributed by atoms with van der Waals surface area (Å²) in [5.41, 5.74) is 2.86. The molecule has 3 rings (SSSR count). The average molecular weight is 596 g/mol. The van der Waals surface area contributed by atoms with Crippen LogP contribution >= 0.6 is 11.3 Å². The standard InChI is InChI=1S/C35H53N3O3S/c1-7-30(39)20-28(22-34-37-31-17-15-27(24(4)5)21-33(31)42-34)35(41)36-29(19-26-13-11-10-12-14-26)16-18-32(40)25(6)23-38(8-2)9-3/h15,17,21,24,26,28-29H,6-14,16,18-20,22-23H2,1-5H3,(H,36,41)/t28-,29+/m0/s1. The monoisotopic (exact) mass is 595 g/mol. The summed E-state index contributed by atoms with van der Waals surface area (Å²) in [6.07, 6.45) is 9.04. The summed E-state index contributed by atoms with van der Waals surface area (Å²) in [6.45, 7) is 16.8. The number of fused-ring (bicyclic) bond motifs is 1. The van der Waals surface area contributed by atoms with E-state index < -0.39 is 5.92 Å². The van der Waals surface area contributed by atoms with Crippen LogP contribution in [0.25, 0.3) is 10.2 Å². The molecule has 0 radical (unpaired) electrons. The van der Waals surface area contributed by atoms with Crippen molar-refractivity contribution in [3.8, 4) is 0 Å². The first kappa shape index (κ1) is 34.1. The van der Waals surface area contributed by atoms with Gasteiger partial charge in [-0.15, -0.1) is 11.3 Å². The van der Waals surface area contributed by atoms with Gasteiger partial charge in [0.1, 0.15) is 5.78 Å². The van der Waals surface area contributed by atoms with Crippen LogP contribution in [-0.2, 0) is 20.8 Å². The molecular weight excluding hydrogens is 542 g/mol. The number of amides is 1. The Labute approximate surface area is 257 Å². The van der Waals surface area contributed by atoms with Crippen molar-refractivity contribution in [3.05, 3.63) is 40.9 Å². The maximum absolute atomic E-state index is 13.8. The van der Waals surface area contributed by atoms with Gasteiger partial charge in [-0.05, 0) is 55.5 Å². The summed E-state index contributed by atoms with van der Waals surface area (Å²) < 4.78 is 1.12. The number of carbonyl (C=O) groups is 3. The third-order valence-electron chi connectivity index (χ3n) is 8.90. The fraction of sp³-hybridized carbons (Fsp3) is 0.657. The molecule has 0 bridgehead atoms. The Balaban J connectivity index is 1.73. The van der Waals surface area contributed by atoms with Gasteiger partial charge in [0.15, 0.2) is 5.78 Å². The molecule has 1 saturated carbocycles. The molecule has 1 aliphatic carbocycles. The third kappa shape index (κ3) is 10.4. The van der Waals surface area contributed by atoms with E-state index in [-0.39, 0.29) is 29.9 Å². The van der Waals surface area contributed by atoms with E-state index in [0.29, 0.717) is 49.6 Å². The van der Waals surface area contributed by atoms with Crippen molar-refractivity contribution in [2.45, 2.75) is 117 Å². The maximum Gasteiger partial charge on any atom is 0.224 e. The summed E-state index contributed by atoms with van der Waals surface area (Å²) in [4.78, 5) is 46.4. The van der Waals surface area contributed by atoms with Crippen LogP contribution in [0, 0.1) is 11.8 Å². The lowest BCUT2D eigenvalue weighted by atomic mass is 9.83. The Kier molecular flexibility index (Phi) is 13.8. The first-order chi connectivity index (χ1) is 20.1. The number of carbonyl (C=O) groups excluding carboxylic acids is 3. The van der Waals surface area contributed by atoms with Gasteiger partial charge in [0.25, 0.3) is 0 Å². The smallest absolute Gasteiger partial charge is 0.224 e. The highest BCUT2D eigenvalue weighted by Gasteiger charge is 2.28. The van der Waals surface area contributed by atoms with Gasteiger partial charge in [-0.3, -0.25) is 19.3 Å². The first-order valence-electron chi connectivity index (χ1n) is 16.3. The Hall–Kier alpha value is -2.38. The van der Waals surface area contributed by atoms with Gasteiger partial charge in [0.05, 0.1) is 21.1 Å². The van der Waals surface area contributed by atoms with Gasteiger partial charge in [0.2, 0.25) is 5.91 Å². The number of benzene rings is 1. The molecule has 42 heavy (non-hydrogen) atoms. The Morgan fingerprint density at radius 2 is 1.81 bits per heavy atom. The number of rotatable bonds is 18. The molecular formula is C35H53N3O3S. The lowest BCUT2D eigenvalue weighted by molar-refractivity contribution is -0.130. The minimum absolute atomic E-state index is 0.0812. The Morgan fingerprint density at radius 1 is 1.10 bits per heavy atom. The van der Waals surface area contributed by atoms with Crippen molar-refractivity contribution in [2.75, 3.05) is 19.6 Å². The van der Waals surface area contributed by atoms with Crippen molar-refractivity contribution < 1.29 is 14.4 Å². The Morgan fingerprint density at radius 3 is 2.45 bits per heavy atom. The predicted molar refractivity (Wildman–Crippen MR) is 175 cm³/mol. The van der Waals surface area contributed by atoms with E-state index in [2.05, 4.69) is 62.7 Å². The molecule has 1 heterocycles. The number of hydrogen-bond donors (Lipinski definition) is 1. The zero-order valence-corrected chi connectivity index (χ0v) is 27.5. The number of aromatic nitrogens is 1. The number of nitrogens with one attached hydrogen (secondary N) is 1. The zero-order chi connectivity index (χ0) is 30.6. The summed E-state index contributed by atoms with van der Waals surface area (Å²) in [7, 11) is 0. The molecule has 0 saturated heterocycles. The highest BCUT2D eigenvalue weighted by molar-refractivity contribution is 7.18. The van der Waals surface area contributed by atoms with Crippen LogP contribution in [-0.4, -0.2) is 53.0 Å². The molecule has 0 spiro atoms. The number of ketones is 2.